The molecule has 0 aromatic carbocycles. The normalized spacial score (nSPS) is 23.8. The average Bonchev–Trinajstić information content (AvgIpc) is 2.35. The molecule has 0 bridgehead atoms. The predicted molar refractivity (Wildman–Crippen MR) is 73.2 cm³/mol. The van der Waals surface area contributed by atoms with Crippen molar-refractivity contribution in [1.29, 1.82) is 0 Å². The summed E-state index contributed by atoms with van der Waals surface area (Å²) in [4.78, 5) is 2.51. The van der Waals surface area contributed by atoms with Crippen LogP contribution in [0.1, 0.15) is 45.4 Å². The molecule has 1 saturated heterocycles. The average molecular weight is 242 g/mol. The van der Waals surface area contributed by atoms with Crippen molar-refractivity contribution in [3.05, 3.63) is 0 Å². The molecule has 2 atom stereocenters. The van der Waals surface area contributed by atoms with Crippen LogP contribution in [0.4, 0.5) is 0 Å². The number of hydrogen-bond acceptors (Lipinski definition) is 3. The van der Waals surface area contributed by atoms with Gasteiger partial charge in [0.1, 0.15) is 0 Å². The SMILES string of the molecule is CCC(CCO)CNCCC1CCCCN1C. The van der Waals surface area contributed by atoms with Crippen LogP contribution in [0.25, 0.3) is 0 Å². The van der Waals surface area contributed by atoms with Gasteiger partial charge in [-0.25, -0.2) is 0 Å². The van der Waals surface area contributed by atoms with Gasteiger partial charge in [0.25, 0.3) is 0 Å². The first-order valence-corrected chi connectivity index (χ1v) is 7.29. The molecule has 1 rings (SSSR count). The fraction of sp³-hybridized carbons (Fsp3) is 1.00. The number of rotatable bonds is 8. The van der Waals surface area contributed by atoms with E-state index in [9.17, 15) is 0 Å². The molecule has 2 N–H and O–H groups in total. The summed E-state index contributed by atoms with van der Waals surface area (Å²) in [7, 11) is 2.25. The molecule has 0 aliphatic carbocycles. The van der Waals surface area contributed by atoms with Crippen molar-refractivity contribution in [2.24, 2.45) is 5.92 Å². The second-order valence-electron chi connectivity index (χ2n) is 5.41. The molecular weight excluding hydrogens is 212 g/mol. The van der Waals surface area contributed by atoms with Crippen LogP contribution in [0.3, 0.4) is 0 Å². The van der Waals surface area contributed by atoms with E-state index in [1.165, 1.54) is 32.2 Å². The van der Waals surface area contributed by atoms with Crippen LogP contribution in [-0.4, -0.2) is 49.3 Å². The standard InChI is InChI=1S/C14H30N2O/c1-3-13(8-11-17)12-15-9-7-14-6-4-5-10-16(14)2/h13-15,17H,3-12H2,1-2H3. The molecule has 1 aliphatic heterocycles. The molecule has 102 valence electrons. The summed E-state index contributed by atoms with van der Waals surface area (Å²) in [5.41, 5.74) is 0. The highest BCUT2D eigenvalue weighted by Gasteiger charge is 2.17. The van der Waals surface area contributed by atoms with Gasteiger partial charge in [0.15, 0.2) is 0 Å². The van der Waals surface area contributed by atoms with Crippen LogP contribution in [-0.2, 0) is 0 Å². The van der Waals surface area contributed by atoms with Gasteiger partial charge in [-0.15, -0.1) is 0 Å². The van der Waals surface area contributed by atoms with Crippen LogP contribution >= 0.6 is 0 Å². The van der Waals surface area contributed by atoms with E-state index in [0.717, 1.165) is 32.0 Å². The zero-order valence-corrected chi connectivity index (χ0v) is 11.6. The number of nitrogens with zero attached hydrogens (tertiary/aromatic N) is 1. The Morgan fingerprint density at radius 1 is 1.41 bits per heavy atom. The van der Waals surface area contributed by atoms with E-state index < -0.39 is 0 Å². The van der Waals surface area contributed by atoms with Gasteiger partial charge in [-0.1, -0.05) is 19.8 Å². The molecule has 17 heavy (non-hydrogen) atoms. The molecule has 0 saturated carbocycles. The van der Waals surface area contributed by atoms with Crippen molar-refractivity contribution in [3.8, 4) is 0 Å². The van der Waals surface area contributed by atoms with E-state index in [4.69, 9.17) is 5.11 Å². The highest BCUT2D eigenvalue weighted by molar-refractivity contribution is 4.75. The molecule has 0 radical (unpaired) electrons. The lowest BCUT2D eigenvalue weighted by atomic mass is 9.99. The largest absolute Gasteiger partial charge is 0.396 e. The summed E-state index contributed by atoms with van der Waals surface area (Å²) < 4.78 is 0. The van der Waals surface area contributed by atoms with E-state index in [1.54, 1.807) is 0 Å². The monoisotopic (exact) mass is 242 g/mol. The molecule has 0 amide bonds. The van der Waals surface area contributed by atoms with E-state index >= 15 is 0 Å². The van der Waals surface area contributed by atoms with Crippen molar-refractivity contribution in [3.63, 3.8) is 0 Å². The molecule has 1 aliphatic rings. The molecule has 0 aromatic rings. The van der Waals surface area contributed by atoms with Gasteiger partial charge in [0, 0.05) is 12.6 Å². The zero-order chi connectivity index (χ0) is 12.5. The number of piperidine rings is 1. The van der Waals surface area contributed by atoms with Gasteiger partial charge in [0.2, 0.25) is 0 Å². The van der Waals surface area contributed by atoms with Crippen LogP contribution in [0, 0.1) is 5.92 Å². The highest BCUT2D eigenvalue weighted by Crippen LogP contribution is 2.17. The Kier molecular flexibility index (Phi) is 7.82. The third-order valence-electron chi connectivity index (χ3n) is 4.12. The maximum Gasteiger partial charge on any atom is 0.0434 e. The second kappa shape index (κ2) is 8.90. The zero-order valence-electron chi connectivity index (χ0n) is 11.6. The van der Waals surface area contributed by atoms with E-state index in [2.05, 4.69) is 24.2 Å². The minimum atomic E-state index is 0.325. The summed E-state index contributed by atoms with van der Waals surface area (Å²) in [5.74, 6) is 0.643. The summed E-state index contributed by atoms with van der Waals surface area (Å²) in [6.07, 6.45) is 7.51. The summed E-state index contributed by atoms with van der Waals surface area (Å²) in [5, 5.41) is 12.5. The topological polar surface area (TPSA) is 35.5 Å². The Balaban J connectivity index is 2.06. The Bertz CT molecular complexity index is 187. The Labute approximate surface area is 107 Å². The first kappa shape index (κ1) is 14.9. The fourth-order valence-electron chi connectivity index (χ4n) is 2.72. The number of aliphatic hydroxyl groups excluding tert-OH is 1. The summed E-state index contributed by atoms with van der Waals surface area (Å²) in [6, 6.07) is 0.786. The molecule has 3 heteroatoms. The maximum atomic E-state index is 8.93. The molecule has 0 spiro atoms. The van der Waals surface area contributed by atoms with Crippen LogP contribution in [0.2, 0.25) is 0 Å². The predicted octanol–water partition coefficient (Wildman–Crippen LogP) is 1.86. The molecular formula is C14H30N2O. The third-order valence-corrected chi connectivity index (χ3v) is 4.12. The maximum absolute atomic E-state index is 8.93. The van der Waals surface area contributed by atoms with E-state index in [-0.39, 0.29) is 0 Å². The summed E-state index contributed by atoms with van der Waals surface area (Å²) in [6.45, 7) is 5.99. The lowest BCUT2D eigenvalue weighted by Crippen LogP contribution is -2.38. The molecule has 0 aromatic heterocycles. The van der Waals surface area contributed by atoms with Gasteiger partial charge in [-0.05, 0) is 58.3 Å². The molecule has 2 unspecified atom stereocenters. The van der Waals surface area contributed by atoms with Gasteiger partial charge >= 0.3 is 0 Å². The van der Waals surface area contributed by atoms with Crippen LogP contribution in [0.5, 0.6) is 0 Å². The van der Waals surface area contributed by atoms with Gasteiger partial charge in [-0.3, -0.25) is 0 Å². The highest BCUT2D eigenvalue weighted by atomic mass is 16.3. The second-order valence-corrected chi connectivity index (χ2v) is 5.41. The van der Waals surface area contributed by atoms with Crippen molar-refractivity contribution < 1.29 is 5.11 Å². The lowest BCUT2D eigenvalue weighted by Gasteiger charge is -2.32. The quantitative estimate of drug-likeness (QED) is 0.638. The summed E-state index contributed by atoms with van der Waals surface area (Å²) >= 11 is 0. The molecule has 3 nitrogen and oxygen atoms in total. The molecule has 1 fully saturated rings. The van der Waals surface area contributed by atoms with E-state index in [0.29, 0.717) is 12.5 Å². The number of aliphatic hydroxyl groups is 1. The Morgan fingerprint density at radius 2 is 2.24 bits per heavy atom. The Morgan fingerprint density at radius 3 is 2.88 bits per heavy atom. The minimum absolute atomic E-state index is 0.325. The van der Waals surface area contributed by atoms with Gasteiger partial charge in [0.05, 0.1) is 0 Å². The van der Waals surface area contributed by atoms with Crippen LogP contribution in [0.15, 0.2) is 0 Å². The number of hydrogen-bond donors (Lipinski definition) is 2. The van der Waals surface area contributed by atoms with Gasteiger partial charge < -0.3 is 15.3 Å². The third kappa shape index (κ3) is 5.84. The smallest absolute Gasteiger partial charge is 0.0434 e. The van der Waals surface area contributed by atoms with Crippen molar-refractivity contribution in [2.75, 3.05) is 33.3 Å². The lowest BCUT2D eigenvalue weighted by molar-refractivity contribution is 0.174. The fourth-order valence-corrected chi connectivity index (χ4v) is 2.72. The first-order valence-electron chi connectivity index (χ1n) is 7.29. The minimum Gasteiger partial charge on any atom is -0.396 e. The van der Waals surface area contributed by atoms with E-state index in [1.807, 2.05) is 0 Å². The first-order chi connectivity index (χ1) is 8.27. The van der Waals surface area contributed by atoms with Crippen molar-refractivity contribution >= 4 is 0 Å². The van der Waals surface area contributed by atoms with Crippen LogP contribution < -0.4 is 5.32 Å². The van der Waals surface area contributed by atoms with Crippen molar-refractivity contribution in [1.82, 2.24) is 10.2 Å². The van der Waals surface area contributed by atoms with Crippen molar-refractivity contribution in [2.45, 2.75) is 51.5 Å². The number of likely N-dealkylation sites (tertiary alicyclic amines) is 1. The van der Waals surface area contributed by atoms with Gasteiger partial charge in [-0.2, -0.15) is 0 Å². The molecule has 1 heterocycles. The number of nitrogens with one attached hydrogen (secondary N) is 1. The Hall–Kier alpha value is -0.120.